The van der Waals surface area contributed by atoms with E-state index in [1.165, 1.54) is 51.4 Å². The van der Waals surface area contributed by atoms with Crippen molar-refractivity contribution in [2.24, 2.45) is 16.6 Å². The first-order valence-corrected chi connectivity index (χ1v) is 6.57. The molecule has 0 aromatic carbocycles. The van der Waals surface area contributed by atoms with E-state index in [2.05, 4.69) is 18.8 Å². The second-order valence-corrected chi connectivity index (χ2v) is 4.88. The van der Waals surface area contributed by atoms with Crippen molar-refractivity contribution in [2.45, 2.75) is 71.3 Å². The molecule has 1 aliphatic carbocycles. The summed E-state index contributed by atoms with van der Waals surface area (Å²) >= 11 is 0. The van der Waals surface area contributed by atoms with Crippen molar-refractivity contribution < 1.29 is 0 Å². The molecule has 0 spiro atoms. The molecule has 0 aromatic heterocycles. The number of hydrogen-bond donors (Lipinski definition) is 1. The van der Waals surface area contributed by atoms with Crippen molar-refractivity contribution in [3.63, 3.8) is 0 Å². The molecule has 15 heavy (non-hydrogen) atoms. The molecule has 1 unspecified atom stereocenters. The largest absolute Gasteiger partial charge is 0.387 e. The quantitative estimate of drug-likeness (QED) is 0.547. The Morgan fingerprint density at radius 3 is 2.60 bits per heavy atom. The Bertz CT molecular complexity index is 193. The van der Waals surface area contributed by atoms with Gasteiger partial charge in [0, 0.05) is 12.0 Å². The first kappa shape index (κ1) is 12.5. The molecule has 0 aliphatic heterocycles. The summed E-state index contributed by atoms with van der Waals surface area (Å²) in [5, 5.41) is 0. The summed E-state index contributed by atoms with van der Waals surface area (Å²) in [6, 6.07) is 0.423. The van der Waals surface area contributed by atoms with Crippen LogP contribution in [0.1, 0.15) is 65.2 Å². The lowest BCUT2D eigenvalue weighted by atomic mass is 9.88. The molecule has 0 radical (unpaired) electrons. The van der Waals surface area contributed by atoms with Crippen LogP contribution in [0.5, 0.6) is 0 Å². The Balaban J connectivity index is 2.35. The van der Waals surface area contributed by atoms with Crippen LogP contribution in [-0.4, -0.2) is 11.9 Å². The highest BCUT2D eigenvalue weighted by atomic mass is 14.9. The summed E-state index contributed by atoms with van der Waals surface area (Å²) in [5.41, 5.74) is 6.07. The number of rotatable bonds is 5. The van der Waals surface area contributed by atoms with Crippen LogP contribution >= 0.6 is 0 Å². The van der Waals surface area contributed by atoms with Crippen molar-refractivity contribution in [1.29, 1.82) is 0 Å². The van der Waals surface area contributed by atoms with Crippen molar-refractivity contribution in [2.75, 3.05) is 0 Å². The van der Waals surface area contributed by atoms with Crippen LogP contribution < -0.4 is 5.73 Å². The molecule has 0 heterocycles. The van der Waals surface area contributed by atoms with Gasteiger partial charge in [-0.3, -0.25) is 4.99 Å². The Labute approximate surface area is 94.3 Å². The van der Waals surface area contributed by atoms with Crippen LogP contribution in [0, 0.1) is 5.92 Å². The first-order valence-electron chi connectivity index (χ1n) is 6.57. The second-order valence-electron chi connectivity index (χ2n) is 4.88. The van der Waals surface area contributed by atoms with Gasteiger partial charge >= 0.3 is 0 Å². The average molecular weight is 210 g/mol. The van der Waals surface area contributed by atoms with Crippen molar-refractivity contribution in [3.8, 4) is 0 Å². The molecule has 1 saturated carbocycles. The van der Waals surface area contributed by atoms with Crippen molar-refractivity contribution in [3.05, 3.63) is 0 Å². The zero-order valence-corrected chi connectivity index (χ0v) is 10.3. The third-order valence-electron chi connectivity index (χ3n) is 3.37. The van der Waals surface area contributed by atoms with Crippen LogP contribution in [0.25, 0.3) is 0 Å². The second kappa shape index (κ2) is 6.86. The molecule has 0 saturated heterocycles. The van der Waals surface area contributed by atoms with E-state index in [1.54, 1.807) is 0 Å². The lowest BCUT2D eigenvalue weighted by Gasteiger charge is -2.21. The van der Waals surface area contributed by atoms with E-state index in [9.17, 15) is 0 Å². The minimum Gasteiger partial charge on any atom is -0.387 e. The van der Waals surface area contributed by atoms with Crippen molar-refractivity contribution >= 4 is 5.84 Å². The van der Waals surface area contributed by atoms with E-state index in [1.807, 2.05) is 0 Å². The van der Waals surface area contributed by atoms with Gasteiger partial charge in [-0.05, 0) is 26.2 Å². The molecular weight excluding hydrogens is 184 g/mol. The third-order valence-corrected chi connectivity index (χ3v) is 3.37. The lowest BCUT2D eigenvalue weighted by Crippen LogP contribution is -2.27. The van der Waals surface area contributed by atoms with E-state index >= 15 is 0 Å². The molecule has 2 heteroatoms. The zero-order valence-electron chi connectivity index (χ0n) is 10.3. The Morgan fingerprint density at radius 1 is 1.33 bits per heavy atom. The molecule has 2 nitrogen and oxygen atoms in total. The fraction of sp³-hybridized carbons (Fsp3) is 0.923. The Kier molecular flexibility index (Phi) is 5.74. The molecule has 0 aromatic rings. The molecule has 2 N–H and O–H groups in total. The summed E-state index contributed by atoms with van der Waals surface area (Å²) in [5.74, 6) is 1.51. The summed E-state index contributed by atoms with van der Waals surface area (Å²) < 4.78 is 0. The Hall–Kier alpha value is -0.530. The highest BCUT2D eigenvalue weighted by Crippen LogP contribution is 2.24. The summed E-state index contributed by atoms with van der Waals surface area (Å²) in [4.78, 5) is 4.63. The predicted molar refractivity (Wildman–Crippen MR) is 67.2 cm³/mol. The van der Waals surface area contributed by atoms with Gasteiger partial charge in [0.15, 0.2) is 0 Å². The smallest absolute Gasteiger partial charge is 0.0971 e. The van der Waals surface area contributed by atoms with Crippen LogP contribution in [0.3, 0.4) is 0 Å². The van der Waals surface area contributed by atoms with E-state index in [0.717, 1.165) is 5.84 Å². The fourth-order valence-electron chi connectivity index (χ4n) is 2.32. The SMILES string of the molecule is CCCCC(C)N=C(N)C1CCCCC1. The average Bonchev–Trinajstić information content (AvgIpc) is 2.27. The monoisotopic (exact) mass is 210 g/mol. The summed E-state index contributed by atoms with van der Waals surface area (Å²) in [7, 11) is 0. The van der Waals surface area contributed by atoms with E-state index < -0.39 is 0 Å². The number of amidine groups is 1. The van der Waals surface area contributed by atoms with Gasteiger partial charge < -0.3 is 5.73 Å². The van der Waals surface area contributed by atoms with Gasteiger partial charge in [0.1, 0.15) is 0 Å². The molecule has 1 atom stereocenters. The minimum absolute atomic E-state index is 0.423. The minimum atomic E-state index is 0.423. The molecule has 0 bridgehead atoms. The van der Waals surface area contributed by atoms with E-state index in [4.69, 9.17) is 5.73 Å². The van der Waals surface area contributed by atoms with Crippen molar-refractivity contribution in [1.82, 2.24) is 0 Å². The van der Waals surface area contributed by atoms with Crippen LogP contribution in [0.15, 0.2) is 4.99 Å². The zero-order chi connectivity index (χ0) is 11.1. The van der Waals surface area contributed by atoms with Gasteiger partial charge in [0.25, 0.3) is 0 Å². The number of nitrogens with zero attached hydrogens (tertiary/aromatic N) is 1. The van der Waals surface area contributed by atoms with Crippen LogP contribution in [-0.2, 0) is 0 Å². The standard InChI is InChI=1S/C13H26N2/c1-3-4-8-11(2)15-13(14)12-9-6-5-7-10-12/h11-12H,3-10H2,1-2H3,(H2,14,15). The van der Waals surface area contributed by atoms with E-state index in [-0.39, 0.29) is 0 Å². The van der Waals surface area contributed by atoms with Crippen LogP contribution in [0.4, 0.5) is 0 Å². The summed E-state index contributed by atoms with van der Waals surface area (Å²) in [6.45, 7) is 4.41. The maximum absolute atomic E-state index is 6.07. The maximum atomic E-state index is 6.07. The van der Waals surface area contributed by atoms with Gasteiger partial charge in [-0.1, -0.05) is 39.0 Å². The molecule has 1 rings (SSSR count). The predicted octanol–water partition coefficient (Wildman–Crippen LogP) is 3.50. The fourth-order valence-corrected chi connectivity index (χ4v) is 2.32. The topological polar surface area (TPSA) is 38.4 Å². The summed E-state index contributed by atoms with van der Waals surface area (Å²) in [6.07, 6.45) is 10.3. The number of nitrogens with two attached hydrogens (primary N) is 1. The van der Waals surface area contributed by atoms with Gasteiger partial charge in [-0.2, -0.15) is 0 Å². The third kappa shape index (κ3) is 4.67. The molecule has 0 amide bonds. The van der Waals surface area contributed by atoms with Gasteiger partial charge in [-0.25, -0.2) is 0 Å². The maximum Gasteiger partial charge on any atom is 0.0971 e. The lowest BCUT2D eigenvalue weighted by molar-refractivity contribution is 0.434. The normalized spacial score (nSPS) is 21.6. The molecule has 1 aliphatic rings. The number of hydrogen-bond acceptors (Lipinski definition) is 1. The van der Waals surface area contributed by atoms with Crippen LogP contribution in [0.2, 0.25) is 0 Å². The molecule has 88 valence electrons. The van der Waals surface area contributed by atoms with Gasteiger partial charge in [0.2, 0.25) is 0 Å². The highest BCUT2D eigenvalue weighted by Gasteiger charge is 2.17. The number of unbranched alkanes of at least 4 members (excludes halogenated alkanes) is 1. The molecular formula is C13H26N2. The molecule has 1 fully saturated rings. The Morgan fingerprint density at radius 2 is 2.00 bits per heavy atom. The van der Waals surface area contributed by atoms with Gasteiger partial charge in [-0.15, -0.1) is 0 Å². The number of aliphatic imine (C=N–C) groups is 1. The van der Waals surface area contributed by atoms with Gasteiger partial charge in [0.05, 0.1) is 5.84 Å². The first-order chi connectivity index (χ1) is 7.24. The van der Waals surface area contributed by atoms with E-state index in [0.29, 0.717) is 12.0 Å². The highest BCUT2D eigenvalue weighted by molar-refractivity contribution is 5.83.